The van der Waals surface area contributed by atoms with Crippen molar-refractivity contribution in [1.29, 1.82) is 0 Å². The maximum Gasteiger partial charge on any atom is 0.243 e. The minimum Gasteiger partial charge on any atom is -0.481 e. The molecule has 0 spiro atoms. The number of rotatable bonds is 9. The predicted octanol–water partition coefficient (Wildman–Crippen LogP) is 3.35. The zero-order valence-corrected chi connectivity index (χ0v) is 21.1. The first kappa shape index (κ1) is 25.9. The maximum absolute atomic E-state index is 14.9. The summed E-state index contributed by atoms with van der Waals surface area (Å²) in [6.07, 6.45) is 2.79. The van der Waals surface area contributed by atoms with E-state index in [1.54, 1.807) is 19.1 Å². The van der Waals surface area contributed by atoms with E-state index in [-0.39, 0.29) is 23.3 Å². The molecule has 1 aromatic carbocycles. The Balaban J connectivity index is 1.77. The number of nitrogens with one attached hydrogen (secondary N) is 1. The van der Waals surface area contributed by atoms with Gasteiger partial charge in [-0.3, -0.25) is 14.3 Å². The van der Waals surface area contributed by atoms with Crippen molar-refractivity contribution in [1.82, 2.24) is 29.7 Å². The van der Waals surface area contributed by atoms with Crippen LogP contribution < -0.4 is 14.2 Å². The van der Waals surface area contributed by atoms with E-state index in [0.29, 0.717) is 5.69 Å². The summed E-state index contributed by atoms with van der Waals surface area (Å²) in [7, 11) is -1.33. The van der Waals surface area contributed by atoms with Crippen LogP contribution in [0.3, 0.4) is 0 Å². The fourth-order valence-corrected chi connectivity index (χ4v) is 4.73. The average Bonchev–Trinajstić information content (AvgIpc) is 3.30. The Hall–Kier alpha value is -4.20. The van der Waals surface area contributed by atoms with Crippen molar-refractivity contribution in [3.8, 4) is 29.0 Å². The summed E-state index contributed by atoms with van der Waals surface area (Å²) in [5, 5.41) is 6.83. The van der Waals surface area contributed by atoms with Crippen LogP contribution >= 0.6 is 0 Å². The molecule has 1 N–H and O–H groups in total. The highest BCUT2D eigenvalue weighted by atomic mass is 32.2. The fraction of sp³-hybridized carbons (Fsp3) is 0.261. The first-order valence-corrected chi connectivity index (χ1v) is 12.5. The molecule has 11 nitrogen and oxygen atoms in total. The van der Waals surface area contributed by atoms with Crippen molar-refractivity contribution < 1.29 is 26.7 Å². The molecule has 4 aromatic rings. The van der Waals surface area contributed by atoms with Gasteiger partial charge in [0.1, 0.15) is 23.0 Å². The van der Waals surface area contributed by atoms with Gasteiger partial charge in [0.05, 0.1) is 37.6 Å². The molecule has 4 rings (SSSR count). The molecule has 0 radical (unpaired) electrons. The quantitative estimate of drug-likeness (QED) is 0.345. The summed E-state index contributed by atoms with van der Waals surface area (Å²) in [5.41, 5.74) is -0.0250. The van der Waals surface area contributed by atoms with Crippen molar-refractivity contribution >= 4 is 16.0 Å². The average molecular weight is 532 g/mol. The minimum atomic E-state index is -4.18. The first-order valence-electron chi connectivity index (χ1n) is 10.9. The Labute approximate surface area is 211 Å². The Morgan fingerprint density at radius 2 is 1.59 bits per heavy atom. The highest BCUT2D eigenvalue weighted by molar-refractivity contribution is 7.93. The maximum atomic E-state index is 14.9. The first-order chi connectivity index (χ1) is 17.7. The Morgan fingerprint density at radius 1 is 0.919 bits per heavy atom. The van der Waals surface area contributed by atoms with E-state index in [1.807, 2.05) is 0 Å². The summed E-state index contributed by atoms with van der Waals surface area (Å²) in [6, 6.07) is 7.95. The van der Waals surface area contributed by atoms with Gasteiger partial charge in [-0.25, -0.2) is 27.2 Å². The summed E-state index contributed by atoms with van der Waals surface area (Å²) in [5.74, 6) is -2.57. The van der Waals surface area contributed by atoms with Gasteiger partial charge in [-0.1, -0.05) is 19.1 Å². The van der Waals surface area contributed by atoms with Gasteiger partial charge in [0.2, 0.25) is 27.7 Å². The molecule has 3 heterocycles. The Bertz CT molecular complexity index is 1490. The number of para-hydroxylation sites is 1. The van der Waals surface area contributed by atoms with Gasteiger partial charge in [-0.15, -0.1) is 10.2 Å². The van der Waals surface area contributed by atoms with E-state index in [0.717, 1.165) is 16.7 Å². The highest BCUT2D eigenvalue weighted by Crippen LogP contribution is 2.30. The summed E-state index contributed by atoms with van der Waals surface area (Å²) >= 11 is 0. The van der Waals surface area contributed by atoms with E-state index >= 15 is 0 Å². The molecule has 3 aromatic heterocycles. The molecular weight excluding hydrogens is 508 g/mol. The van der Waals surface area contributed by atoms with Crippen LogP contribution in [-0.4, -0.2) is 57.6 Å². The van der Waals surface area contributed by atoms with Crippen molar-refractivity contribution in [2.75, 3.05) is 18.9 Å². The molecule has 0 bridgehead atoms. The summed E-state index contributed by atoms with van der Waals surface area (Å²) in [4.78, 5) is 12.5. The van der Waals surface area contributed by atoms with Crippen LogP contribution in [0.1, 0.15) is 25.5 Å². The normalized spacial score (nSPS) is 13.1. The van der Waals surface area contributed by atoms with Crippen LogP contribution in [0.25, 0.3) is 17.2 Å². The molecular formula is C23H23F2N7O4S. The number of methoxy groups -OCH3 is 2. The molecule has 194 valence electrons. The number of halogens is 2. The summed E-state index contributed by atoms with van der Waals surface area (Å²) in [6.45, 7) is 3.13. The van der Waals surface area contributed by atoms with Crippen LogP contribution in [-0.2, 0) is 10.0 Å². The second-order valence-corrected chi connectivity index (χ2v) is 9.98. The number of ether oxygens (including phenoxy) is 2. The standard InChI is InChI=1S/C23H23F2N7O4S/c1-13(18-11-27-20(36-4)12-26-18)14(2)37(33,34)31-23-30-29-22(17-9-6-10-19(28-17)35-3)32(23)21-15(24)7-5-8-16(21)25/h5-14H,1-4H3,(H,30,31)/t13-,14-/m0/s1. The van der Waals surface area contributed by atoms with Crippen LogP contribution in [0.5, 0.6) is 11.8 Å². The number of sulfonamides is 1. The lowest BCUT2D eigenvalue weighted by Crippen LogP contribution is -2.31. The lowest BCUT2D eigenvalue weighted by molar-refractivity contribution is 0.394. The number of hydrogen-bond donors (Lipinski definition) is 1. The van der Waals surface area contributed by atoms with E-state index < -0.39 is 44.5 Å². The van der Waals surface area contributed by atoms with Crippen molar-refractivity contribution in [2.45, 2.75) is 25.0 Å². The van der Waals surface area contributed by atoms with Crippen molar-refractivity contribution in [3.05, 3.63) is 66.1 Å². The number of benzene rings is 1. The van der Waals surface area contributed by atoms with Gasteiger partial charge in [-0.2, -0.15) is 0 Å². The SMILES string of the molecule is COc1cnc([C@@H](C)[C@H](C)S(=O)(=O)Nc2nnc(-c3cccc(OC)n3)n2-c2c(F)cccc2F)cn1. The minimum absolute atomic E-state index is 0.109. The number of pyridine rings is 1. The third kappa shape index (κ3) is 5.18. The van der Waals surface area contributed by atoms with Gasteiger partial charge in [0, 0.05) is 12.0 Å². The molecule has 14 heteroatoms. The van der Waals surface area contributed by atoms with E-state index in [9.17, 15) is 17.2 Å². The second-order valence-electron chi connectivity index (χ2n) is 7.94. The zero-order chi connectivity index (χ0) is 26.7. The topological polar surface area (TPSA) is 134 Å². The molecule has 0 saturated carbocycles. The summed E-state index contributed by atoms with van der Waals surface area (Å²) < 4.78 is 69.8. The number of aromatic nitrogens is 6. The van der Waals surface area contributed by atoms with E-state index in [1.165, 1.54) is 45.7 Å². The lowest BCUT2D eigenvalue weighted by Gasteiger charge is -2.21. The van der Waals surface area contributed by atoms with Crippen molar-refractivity contribution in [3.63, 3.8) is 0 Å². The number of nitrogens with zero attached hydrogens (tertiary/aromatic N) is 6. The second kappa shape index (κ2) is 10.4. The molecule has 0 unspecified atom stereocenters. The third-order valence-electron chi connectivity index (χ3n) is 5.74. The monoisotopic (exact) mass is 531 g/mol. The third-order valence-corrected chi connectivity index (χ3v) is 7.59. The zero-order valence-electron chi connectivity index (χ0n) is 20.3. The van der Waals surface area contributed by atoms with Crippen LogP contribution in [0, 0.1) is 11.6 Å². The molecule has 0 aliphatic rings. The van der Waals surface area contributed by atoms with Gasteiger partial charge >= 0.3 is 0 Å². The van der Waals surface area contributed by atoms with Gasteiger partial charge in [0.15, 0.2) is 5.82 Å². The largest absolute Gasteiger partial charge is 0.481 e. The highest BCUT2D eigenvalue weighted by Gasteiger charge is 2.32. The Kier molecular flexibility index (Phi) is 7.29. The predicted molar refractivity (Wildman–Crippen MR) is 130 cm³/mol. The van der Waals surface area contributed by atoms with Crippen LogP contribution in [0.15, 0.2) is 48.8 Å². The molecule has 2 atom stereocenters. The molecule has 37 heavy (non-hydrogen) atoms. The molecule has 0 saturated heterocycles. The lowest BCUT2D eigenvalue weighted by atomic mass is 10.1. The smallest absolute Gasteiger partial charge is 0.243 e. The van der Waals surface area contributed by atoms with Crippen molar-refractivity contribution in [2.24, 2.45) is 0 Å². The number of anilines is 1. The number of hydrogen-bond acceptors (Lipinski definition) is 9. The molecule has 0 fully saturated rings. The van der Waals surface area contributed by atoms with Gasteiger partial charge < -0.3 is 9.47 Å². The van der Waals surface area contributed by atoms with E-state index in [2.05, 4.69) is 29.9 Å². The molecule has 0 aliphatic carbocycles. The van der Waals surface area contributed by atoms with E-state index in [4.69, 9.17) is 9.47 Å². The van der Waals surface area contributed by atoms with Crippen LogP contribution in [0.4, 0.5) is 14.7 Å². The fourth-order valence-electron chi connectivity index (χ4n) is 3.48. The molecule has 0 amide bonds. The van der Waals surface area contributed by atoms with Gasteiger partial charge in [-0.05, 0) is 25.1 Å². The van der Waals surface area contributed by atoms with Crippen LogP contribution in [0.2, 0.25) is 0 Å². The van der Waals surface area contributed by atoms with Gasteiger partial charge in [0.25, 0.3) is 0 Å². The molecule has 0 aliphatic heterocycles. The Morgan fingerprint density at radius 3 is 2.22 bits per heavy atom.